The lowest BCUT2D eigenvalue weighted by molar-refractivity contribution is -0.911. The Labute approximate surface area is 306 Å². The molecule has 2 atom stereocenters. The van der Waals surface area contributed by atoms with E-state index in [2.05, 4.69) is 5.32 Å². The van der Waals surface area contributed by atoms with Crippen LogP contribution in [-0.2, 0) is 38.6 Å². The predicted octanol–water partition coefficient (Wildman–Crippen LogP) is 3.01. The Morgan fingerprint density at radius 3 is 2.15 bits per heavy atom. The number of quaternary nitrogens is 1. The average molecular weight is 735 g/mol. The molecule has 6 rings (SSSR count). The van der Waals surface area contributed by atoms with Crippen LogP contribution in [0.15, 0.2) is 71.9 Å². The summed E-state index contributed by atoms with van der Waals surface area (Å²) >= 11 is -1.33. The maximum absolute atomic E-state index is 16.2. The number of rotatable bonds is 15. The Hall–Kier alpha value is -4.73. The molecule has 0 radical (unpaired) electrons. The smallest absolute Gasteiger partial charge is 0.337 e. The summed E-state index contributed by atoms with van der Waals surface area (Å²) in [5.41, 5.74) is 2.20. The molecule has 2 amide bonds. The summed E-state index contributed by atoms with van der Waals surface area (Å²) in [5, 5.41) is 2.37. The van der Waals surface area contributed by atoms with Crippen molar-refractivity contribution < 1.29 is 51.4 Å². The van der Waals surface area contributed by atoms with Crippen LogP contribution in [-0.4, -0.2) is 97.8 Å². The summed E-state index contributed by atoms with van der Waals surface area (Å²) in [6.45, 7) is 2.78. The molecule has 3 heterocycles. The van der Waals surface area contributed by atoms with Gasteiger partial charge in [-0.2, -0.15) is 0 Å². The van der Waals surface area contributed by atoms with Crippen molar-refractivity contribution in [2.24, 2.45) is 0 Å². The fourth-order valence-corrected chi connectivity index (χ4v) is 8.48. The topological polar surface area (TPSA) is 136 Å². The molecule has 0 aliphatic carbocycles. The summed E-state index contributed by atoms with van der Waals surface area (Å²) in [6, 6.07) is 17.3. The van der Waals surface area contributed by atoms with Crippen molar-refractivity contribution >= 4 is 37.0 Å². The number of β-lactam (4-membered cyclic amide) rings is 1. The van der Waals surface area contributed by atoms with Gasteiger partial charge in [0.25, 0.3) is 5.91 Å². The van der Waals surface area contributed by atoms with Crippen molar-refractivity contribution in [2.45, 2.75) is 37.9 Å². The van der Waals surface area contributed by atoms with E-state index in [4.69, 9.17) is 23.6 Å². The van der Waals surface area contributed by atoms with Gasteiger partial charge in [0.2, 0.25) is 11.3 Å². The molecule has 0 spiro atoms. The molecule has 0 bridgehead atoms. The molecule has 3 aliphatic rings. The van der Waals surface area contributed by atoms with E-state index < -0.39 is 34.2 Å². The standard InChI is InChI=1S/C37H41BFN3O9S/c1-47-27-9-5-24(6-10-27)21-49-30-14-13-29(33(39)35(30)50-22-25-7-11-28(48-2)12-8-25)36(44)40-15-18-42(16-3-4-17-42)20-26-23-52(46)32-19-31(43)41(32)34(26)37(45)51-38/h5-14,32H,3-4,15-23,38H2,1-2H3/p+1/t32-,52?/m1/s1. The molecule has 1 unspecified atom stereocenters. The number of hydrogen-bond acceptors (Lipinski definition) is 9. The lowest BCUT2D eigenvalue weighted by Crippen LogP contribution is -2.62. The Morgan fingerprint density at radius 2 is 1.58 bits per heavy atom. The number of benzene rings is 3. The van der Waals surface area contributed by atoms with E-state index >= 15 is 4.39 Å². The van der Waals surface area contributed by atoms with Gasteiger partial charge in [-0.1, -0.05) is 24.3 Å². The van der Waals surface area contributed by atoms with E-state index in [1.165, 1.54) is 25.1 Å². The Kier molecular flexibility index (Phi) is 11.6. The molecule has 12 nitrogen and oxygen atoms in total. The molecule has 0 aromatic heterocycles. The summed E-state index contributed by atoms with van der Waals surface area (Å²) in [7, 11) is 4.42. The maximum atomic E-state index is 16.2. The first kappa shape index (κ1) is 37.0. The van der Waals surface area contributed by atoms with Crippen LogP contribution >= 0.6 is 0 Å². The number of halogens is 1. The molecular formula is C37H42BFN3O9S+. The third kappa shape index (κ3) is 8.01. The van der Waals surface area contributed by atoms with Gasteiger partial charge in [0.05, 0.1) is 58.0 Å². The van der Waals surface area contributed by atoms with E-state index in [1.807, 2.05) is 12.1 Å². The monoisotopic (exact) mass is 734 g/mol. The molecule has 2 saturated heterocycles. The normalized spacial score (nSPS) is 19.0. The van der Waals surface area contributed by atoms with Crippen molar-refractivity contribution in [3.8, 4) is 23.0 Å². The molecule has 274 valence electrons. The zero-order valence-electron chi connectivity index (χ0n) is 29.5. The number of methoxy groups -OCH3 is 2. The summed E-state index contributed by atoms with van der Waals surface area (Å²) in [5.74, 6) is -0.833. The zero-order chi connectivity index (χ0) is 36.8. The second-order valence-corrected chi connectivity index (χ2v) is 14.6. The first-order valence-corrected chi connectivity index (χ1v) is 18.5. The van der Waals surface area contributed by atoms with Crippen LogP contribution in [0.3, 0.4) is 0 Å². The van der Waals surface area contributed by atoms with Gasteiger partial charge >= 0.3 is 14.0 Å². The van der Waals surface area contributed by atoms with Gasteiger partial charge in [-0.15, -0.1) is 0 Å². The van der Waals surface area contributed by atoms with E-state index in [0.29, 0.717) is 34.6 Å². The molecule has 3 aliphatic heterocycles. The van der Waals surface area contributed by atoms with Crippen molar-refractivity contribution in [3.63, 3.8) is 0 Å². The second-order valence-electron chi connectivity index (χ2n) is 13.1. The number of fused-ring (bicyclic) bond motifs is 1. The lowest BCUT2D eigenvalue weighted by atomic mass is 10.1. The van der Waals surface area contributed by atoms with Crippen molar-refractivity contribution in [1.29, 1.82) is 0 Å². The van der Waals surface area contributed by atoms with Crippen LogP contribution in [0.25, 0.3) is 0 Å². The molecule has 0 saturated carbocycles. The van der Waals surface area contributed by atoms with Crippen LogP contribution in [0.5, 0.6) is 23.0 Å². The highest BCUT2D eigenvalue weighted by Crippen LogP contribution is 2.38. The highest BCUT2D eigenvalue weighted by atomic mass is 32.2. The minimum atomic E-state index is -1.33. The number of carbonyl (C=O) groups excluding carboxylic acids is 3. The van der Waals surface area contributed by atoms with Crippen LogP contribution < -0.4 is 24.3 Å². The van der Waals surface area contributed by atoms with Gasteiger partial charge in [-0.05, 0) is 58.7 Å². The molecule has 3 aromatic rings. The molecule has 52 heavy (non-hydrogen) atoms. The maximum Gasteiger partial charge on any atom is 0.337 e. The number of carbonyl (C=O) groups is 3. The second kappa shape index (κ2) is 16.3. The Bertz CT molecular complexity index is 1820. The minimum absolute atomic E-state index is 0.0167. The first-order chi connectivity index (χ1) is 25.1. The van der Waals surface area contributed by atoms with Crippen LogP contribution in [0.1, 0.15) is 40.7 Å². The fraction of sp³-hybridized carbons (Fsp3) is 0.378. The number of likely N-dealkylation sites (tertiary alicyclic amines) is 1. The molecule has 1 N–H and O–H groups in total. The minimum Gasteiger partial charge on any atom is -0.614 e. The van der Waals surface area contributed by atoms with Crippen LogP contribution in [0.2, 0.25) is 0 Å². The number of ether oxygens (including phenoxy) is 4. The predicted molar refractivity (Wildman–Crippen MR) is 192 cm³/mol. The van der Waals surface area contributed by atoms with Gasteiger partial charge < -0.3 is 38.0 Å². The number of nitrogens with one attached hydrogen (secondary N) is 1. The lowest BCUT2D eigenvalue weighted by Gasteiger charge is -2.45. The van der Waals surface area contributed by atoms with Crippen molar-refractivity contribution in [3.05, 3.63) is 94.4 Å². The zero-order valence-corrected chi connectivity index (χ0v) is 30.3. The molecule has 2 fully saturated rings. The molecular weight excluding hydrogens is 692 g/mol. The first-order valence-electron chi connectivity index (χ1n) is 17.1. The average Bonchev–Trinajstić information content (AvgIpc) is 3.62. The highest BCUT2D eigenvalue weighted by molar-refractivity contribution is 7.92. The highest BCUT2D eigenvalue weighted by Gasteiger charge is 2.54. The van der Waals surface area contributed by atoms with Crippen molar-refractivity contribution in [2.75, 3.05) is 52.7 Å². The van der Waals surface area contributed by atoms with E-state index in [9.17, 15) is 18.9 Å². The van der Waals surface area contributed by atoms with E-state index in [-0.39, 0.29) is 60.6 Å². The number of nitrogens with zero attached hydrogens (tertiary/aromatic N) is 2. The summed E-state index contributed by atoms with van der Waals surface area (Å²) in [4.78, 5) is 40.1. The SMILES string of the molecule is BOC(=O)C1=C(C[N+]2(CCNC(=O)c3ccc(OCc4ccc(OC)cc4)c(OCc4ccc(OC)cc4)c3F)CCCC2)C[S+]([O-])[C@@H]2CC(=O)N12. The quantitative estimate of drug-likeness (QED) is 0.108. The van der Waals surface area contributed by atoms with Crippen LogP contribution in [0, 0.1) is 5.82 Å². The molecule has 3 aromatic carbocycles. The molecule has 15 heteroatoms. The largest absolute Gasteiger partial charge is 0.614 e. The van der Waals surface area contributed by atoms with Gasteiger partial charge in [-0.3, -0.25) is 14.5 Å². The summed E-state index contributed by atoms with van der Waals surface area (Å²) < 4.78 is 57.2. The third-order valence-electron chi connectivity index (χ3n) is 9.79. The van der Waals surface area contributed by atoms with Gasteiger partial charge in [0, 0.05) is 12.8 Å². The summed E-state index contributed by atoms with van der Waals surface area (Å²) in [6.07, 6.45) is 2.02. The Morgan fingerprint density at radius 1 is 0.962 bits per heavy atom. The Balaban J connectivity index is 1.17. The number of amides is 2. The number of hydrogen-bond donors (Lipinski definition) is 1. The van der Waals surface area contributed by atoms with Gasteiger partial charge in [-0.25, -0.2) is 9.18 Å². The van der Waals surface area contributed by atoms with Crippen LogP contribution in [0.4, 0.5) is 4.39 Å². The van der Waals surface area contributed by atoms with E-state index in [0.717, 1.165) is 37.1 Å². The third-order valence-corrected chi connectivity index (χ3v) is 11.4. The fourth-order valence-electron chi connectivity index (χ4n) is 6.93. The van der Waals surface area contributed by atoms with Crippen molar-refractivity contribution in [1.82, 2.24) is 10.2 Å². The van der Waals surface area contributed by atoms with E-state index in [1.54, 1.807) is 50.6 Å². The van der Waals surface area contributed by atoms with Gasteiger partial charge in [0.1, 0.15) is 42.7 Å². The van der Waals surface area contributed by atoms with Gasteiger partial charge in [0.15, 0.2) is 17.3 Å².